The van der Waals surface area contributed by atoms with E-state index in [-0.39, 0.29) is 23.9 Å². The molecular weight excluding hydrogens is 803 g/mol. The molecule has 0 saturated heterocycles. The van der Waals surface area contributed by atoms with E-state index < -0.39 is 74.6 Å². The molecule has 0 N–H and O–H groups in total. The molecule has 2 rings (SSSR count). The highest BCUT2D eigenvalue weighted by Gasteiger charge is 2.85. The predicted octanol–water partition coefficient (Wildman–Crippen LogP) is 10.6. The lowest BCUT2D eigenvalue weighted by Crippen LogP contribution is -2.64. The van der Waals surface area contributed by atoms with Crippen molar-refractivity contribution in [3.63, 3.8) is 0 Å². The standard InChI is InChI=1S/C31H33F17N2O5/c1-2-3-4-5-6-7-8-20(32)16-53-23-13-49-24(50-14-23)19-9-11-22(12-10-19)52-17-21(33)15-51-18-25(34,35)54-30(45,46)31(47,48)55-29(43,44)27(38,39)26(36,37)28(40,41)42/h9-14,20-21H,2-8,15-18H2,1H3/t20-,21+/m0/s1. The Morgan fingerprint density at radius 1 is 0.564 bits per heavy atom. The van der Waals surface area contributed by atoms with Gasteiger partial charge in [0, 0.05) is 5.56 Å². The van der Waals surface area contributed by atoms with Crippen molar-refractivity contribution in [2.45, 2.75) is 107 Å². The van der Waals surface area contributed by atoms with Crippen LogP contribution >= 0.6 is 0 Å². The number of rotatable bonds is 25. The molecule has 55 heavy (non-hydrogen) atoms. The molecule has 1 aromatic heterocycles. The molecule has 0 unspecified atom stereocenters. The zero-order valence-corrected chi connectivity index (χ0v) is 28.3. The van der Waals surface area contributed by atoms with Gasteiger partial charge in [0.15, 0.2) is 17.7 Å². The van der Waals surface area contributed by atoms with Gasteiger partial charge < -0.3 is 14.2 Å². The molecule has 1 aromatic carbocycles. The molecule has 0 aliphatic rings. The van der Waals surface area contributed by atoms with Crippen LogP contribution in [0, 0.1) is 0 Å². The maximum Gasteiger partial charge on any atom is 0.460 e. The summed E-state index contributed by atoms with van der Waals surface area (Å²) in [5, 5.41) is 0. The van der Waals surface area contributed by atoms with E-state index >= 15 is 0 Å². The number of nitrogens with zero attached hydrogens (tertiary/aromatic N) is 2. The van der Waals surface area contributed by atoms with Crippen molar-refractivity contribution in [3.05, 3.63) is 36.7 Å². The van der Waals surface area contributed by atoms with Crippen LogP contribution in [0.2, 0.25) is 0 Å². The topological polar surface area (TPSA) is 71.9 Å². The number of alkyl halides is 17. The van der Waals surface area contributed by atoms with Crippen LogP contribution in [0.3, 0.4) is 0 Å². The summed E-state index contributed by atoms with van der Waals surface area (Å²) in [6, 6.07) is 5.37. The molecule has 0 fully saturated rings. The monoisotopic (exact) mass is 836 g/mol. The van der Waals surface area contributed by atoms with Gasteiger partial charge in [0.1, 0.15) is 31.7 Å². The van der Waals surface area contributed by atoms with Crippen LogP contribution in [0.1, 0.15) is 51.9 Å². The number of ether oxygens (including phenoxy) is 5. The molecule has 0 saturated carbocycles. The Labute approximate surface area is 301 Å². The Morgan fingerprint density at radius 3 is 1.64 bits per heavy atom. The molecule has 2 atom stereocenters. The molecule has 7 nitrogen and oxygen atoms in total. The average Bonchev–Trinajstić information content (AvgIpc) is 3.06. The zero-order chi connectivity index (χ0) is 41.9. The van der Waals surface area contributed by atoms with Crippen molar-refractivity contribution in [1.29, 1.82) is 0 Å². The maximum absolute atomic E-state index is 14.1. The first-order chi connectivity index (χ1) is 25.2. The largest absolute Gasteiger partial charge is 0.490 e. The normalized spacial score (nSPS) is 14.9. The molecule has 0 spiro atoms. The molecule has 0 bridgehead atoms. The summed E-state index contributed by atoms with van der Waals surface area (Å²) in [4.78, 5) is 8.19. The summed E-state index contributed by atoms with van der Waals surface area (Å²) in [5.41, 5.74) is 0.414. The fraction of sp³-hybridized carbons (Fsp3) is 0.677. The summed E-state index contributed by atoms with van der Waals surface area (Å²) >= 11 is 0. The molecule has 0 aliphatic heterocycles. The van der Waals surface area contributed by atoms with Crippen LogP contribution in [0.15, 0.2) is 36.7 Å². The number of unbranched alkanes of at least 4 members (excludes halogenated alkanes) is 5. The van der Waals surface area contributed by atoms with Crippen molar-refractivity contribution in [1.82, 2.24) is 9.97 Å². The van der Waals surface area contributed by atoms with Gasteiger partial charge in [0.2, 0.25) is 0 Å². The van der Waals surface area contributed by atoms with Crippen molar-refractivity contribution in [2.75, 3.05) is 26.4 Å². The van der Waals surface area contributed by atoms with Gasteiger partial charge in [0.25, 0.3) is 0 Å². The first-order valence-electron chi connectivity index (χ1n) is 16.0. The van der Waals surface area contributed by atoms with Gasteiger partial charge in [-0.15, -0.1) is 0 Å². The van der Waals surface area contributed by atoms with Crippen LogP contribution in [0.25, 0.3) is 11.4 Å². The minimum atomic E-state index is -7.98. The van der Waals surface area contributed by atoms with E-state index in [1.54, 1.807) is 0 Å². The van der Waals surface area contributed by atoms with Crippen LogP contribution in [-0.2, 0) is 14.2 Å². The molecule has 2 aromatic rings. The highest BCUT2D eigenvalue weighted by molar-refractivity contribution is 5.56. The maximum atomic E-state index is 14.1. The number of aromatic nitrogens is 2. The first kappa shape index (κ1) is 47.7. The molecule has 0 amide bonds. The fourth-order valence-electron chi connectivity index (χ4n) is 4.12. The van der Waals surface area contributed by atoms with Gasteiger partial charge in [0.05, 0.1) is 19.0 Å². The Hall–Kier alpha value is -3.41. The highest BCUT2D eigenvalue weighted by Crippen LogP contribution is 2.56. The number of halogens is 17. The summed E-state index contributed by atoms with van der Waals surface area (Å²) < 4.78 is 243. The second kappa shape index (κ2) is 19.2. The molecule has 0 aliphatic carbocycles. The van der Waals surface area contributed by atoms with Crippen LogP contribution in [-0.4, -0.2) is 91.2 Å². The van der Waals surface area contributed by atoms with Crippen molar-refractivity contribution in [3.8, 4) is 22.9 Å². The van der Waals surface area contributed by atoms with E-state index in [4.69, 9.17) is 9.47 Å². The van der Waals surface area contributed by atoms with Gasteiger partial charge >= 0.3 is 42.5 Å². The predicted molar refractivity (Wildman–Crippen MR) is 155 cm³/mol. The van der Waals surface area contributed by atoms with Gasteiger partial charge in [-0.25, -0.2) is 28.2 Å². The lowest BCUT2D eigenvalue weighted by atomic mass is 10.1. The third-order valence-electron chi connectivity index (χ3n) is 7.03. The summed E-state index contributed by atoms with van der Waals surface area (Å²) in [5.74, 6) is -15.5. The lowest BCUT2D eigenvalue weighted by molar-refractivity contribution is -0.543. The van der Waals surface area contributed by atoms with Crippen molar-refractivity contribution < 1.29 is 98.3 Å². The third kappa shape index (κ3) is 13.6. The van der Waals surface area contributed by atoms with E-state index in [2.05, 4.69) is 26.4 Å². The Kier molecular flexibility index (Phi) is 16.6. The van der Waals surface area contributed by atoms with Gasteiger partial charge in [-0.1, -0.05) is 45.4 Å². The number of hydrogen-bond donors (Lipinski definition) is 0. The lowest BCUT2D eigenvalue weighted by Gasteiger charge is -2.36. The Morgan fingerprint density at radius 2 is 1.07 bits per heavy atom. The Bertz CT molecular complexity index is 1430. The third-order valence-corrected chi connectivity index (χ3v) is 7.03. The first-order valence-corrected chi connectivity index (χ1v) is 16.0. The van der Waals surface area contributed by atoms with Crippen LogP contribution in [0.5, 0.6) is 11.5 Å². The average molecular weight is 837 g/mol. The minimum absolute atomic E-state index is 0.0309. The second-order valence-corrected chi connectivity index (χ2v) is 11.7. The second-order valence-electron chi connectivity index (χ2n) is 11.7. The quantitative estimate of drug-likeness (QED) is 0.0729. The summed E-state index contributed by atoms with van der Waals surface area (Å²) in [6.07, 6.45) is -30.0. The number of hydrogen-bond acceptors (Lipinski definition) is 7. The zero-order valence-electron chi connectivity index (χ0n) is 28.3. The van der Waals surface area contributed by atoms with Crippen molar-refractivity contribution >= 4 is 0 Å². The summed E-state index contributed by atoms with van der Waals surface area (Å²) in [7, 11) is 0. The van der Waals surface area contributed by atoms with Gasteiger partial charge in [-0.05, 0) is 30.7 Å². The minimum Gasteiger partial charge on any atom is -0.490 e. The number of benzene rings is 1. The van der Waals surface area contributed by atoms with E-state index in [0.717, 1.165) is 38.5 Å². The molecule has 24 heteroatoms. The van der Waals surface area contributed by atoms with Crippen molar-refractivity contribution in [2.24, 2.45) is 0 Å². The fourth-order valence-corrected chi connectivity index (χ4v) is 4.12. The van der Waals surface area contributed by atoms with E-state index in [1.165, 1.54) is 41.4 Å². The van der Waals surface area contributed by atoms with Gasteiger partial charge in [-0.3, -0.25) is 0 Å². The van der Waals surface area contributed by atoms with Gasteiger partial charge in [-0.2, -0.15) is 65.9 Å². The van der Waals surface area contributed by atoms with E-state index in [1.807, 2.05) is 0 Å². The highest BCUT2D eigenvalue weighted by atomic mass is 19.4. The van der Waals surface area contributed by atoms with Crippen LogP contribution < -0.4 is 9.47 Å². The van der Waals surface area contributed by atoms with E-state index in [9.17, 15) is 74.6 Å². The smallest absolute Gasteiger partial charge is 0.460 e. The van der Waals surface area contributed by atoms with E-state index in [0.29, 0.717) is 12.0 Å². The molecular formula is C31H33F17N2O5. The molecule has 1 heterocycles. The summed E-state index contributed by atoms with van der Waals surface area (Å²) in [6.45, 7) is -3.05. The molecule has 0 radical (unpaired) electrons. The molecule has 316 valence electrons. The SMILES string of the molecule is CCCCCCCC[C@H](F)COc1cnc(-c2ccc(OC[C@H](F)COCC(F)(F)OC(F)(F)C(F)(F)OC(F)(F)C(F)(F)C(F)(F)C(F)(F)F)cc2)nc1. The Balaban J connectivity index is 1.82. The van der Waals surface area contributed by atoms with Crippen LogP contribution in [0.4, 0.5) is 74.6 Å².